The normalized spacial score (nSPS) is 13.9. The van der Waals surface area contributed by atoms with Gasteiger partial charge in [-0.2, -0.15) is 9.13 Å². The van der Waals surface area contributed by atoms with Crippen LogP contribution in [-0.4, -0.2) is 33.9 Å². The maximum atomic E-state index is 13.0. The van der Waals surface area contributed by atoms with Crippen molar-refractivity contribution in [2.45, 2.75) is 26.8 Å². The van der Waals surface area contributed by atoms with Gasteiger partial charge in [-0.3, -0.25) is 9.78 Å². The molecular weight excluding hydrogens is 418 g/mol. The molecule has 0 aliphatic carbocycles. The van der Waals surface area contributed by atoms with Gasteiger partial charge >= 0.3 is 5.82 Å². The minimum Gasteiger partial charge on any atom is -0.333 e. The number of benzene rings is 1. The molecule has 0 spiro atoms. The quantitative estimate of drug-likeness (QED) is 0.455. The Morgan fingerprint density at radius 3 is 2.84 bits per heavy atom. The Balaban J connectivity index is 1.31. The van der Waals surface area contributed by atoms with Crippen molar-refractivity contribution in [2.75, 3.05) is 13.1 Å². The number of carbonyl (C=O) groups excluding carboxylic acids is 1. The summed E-state index contributed by atoms with van der Waals surface area (Å²) in [5.41, 5.74) is 4.63. The maximum absolute atomic E-state index is 13.0. The third-order valence-electron chi connectivity index (χ3n) is 5.98. The first-order valence-electron chi connectivity index (χ1n) is 10.7. The highest BCUT2D eigenvalue weighted by Gasteiger charge is 2.25. The van der Waals surface area contributed by atoms with Gasteiger partial charge in [0.1, 0.15) is 6.20 Å². The predicted octanol–water partition coefficient (Wildman–Crippen LogP) is 3.19. The summed E-state index contributed by atoms with van der Waals surface area (Å²) in [6, 6.07) is 8.63. The van der Waals surface area contributed by atoms with E-state index in [0.717, 1.165) is 30.2 Å². The predicted molar refractivity (Wildman–Crippen MR) is 124 cm³/mol. The second-order valence-electron chi connectivity index (χ2n) is 8.07. The van der Waals surface area contributed by atoms with Crippen LogP contribution in [0.1, 0.15) is 23.4 Å². The molecule has 0 fully saturated rings. The molecule has 0 bridgehead atoms. The molecular formula is C25H25N5OS+2. The van der Waals surface area contributed by atoms with Crippen molar-refractivity contribution < 1.29 is 13.9 Å². The molecule has 1 aliphatic rings. The molecule has 4 aromatic rings. The number of amides is 1. The first kappa shape index (κ1) is 20.5. The number of nitrogens with zero attached hydrogens (tertiary/aromatic N) is 5. The lowest BCUT2D eigenvalue weighted by Crippen LogP contribution is -2.51. The number of hydrogen-bond donors (Lipinski definition) is 0. The molecule has 1 aliphatic heterocycles. The second-order valence-corrected chi connectivity index (χ2v) is 8.98. The Bertz CT molecular complexity index is 1330. The SMILES string of the molecule is Cc1c[n+](-c2cnccn2)c(C)c[n+]1CC(=O)N1CC=C(c2cccc3ccsc23)CC1. The summed E-state index contributed by atoms with van der Waals surface area (Å²) in [4.78, 5) is 23.5. The smallest absolute Gasteiger partial charge is 0.333 e. The van der Waals surface area contributed by atoms with Crippen LogP contribution in [0.4, 0.5) is 0 Å². The number of rotatable bonds is 4. The average molecular weight is 444 g/mol. The lowest BCUT2D eigenvalue weighted by Gasteiger charge is -2.26. The zero-order valence-corrected chi connectivity index (χ0v) is 19.0. The fraction of sp³-hybridized carbons (Fsp3) is 0.240. The number of aromatic nitrogens is 4. The van der Waals surface area contributed by atoms with E-state index in [1.807, 2.05) is 40.3 Å². The monoisotopic (exact) mass is 443 g/mol. The topological polar surface area (TPSA) is 53.9 Å². The van der Waals surface area contributed by atoms with Crippen LogP contribution < -0.4 is 9.13 Å². The summed E-state index contributed by atoms with van der Waals surface area (Å²) < 4.78 is 5.33. The van der Waals surface area contributed by atoms with Crippen LogP contribution in [0.3, 0.4) is 0 Å². The Hall–Kier alpha value is -3.45. The van der Waals surface area contributed by atoms with Crippen LogP contribution in [0.15, 0.2) is 66.7 Å². The van der Waals surface area contributed by atoms with Crippen LogP contribution in [0.2, 0.25) is 0 Å². The van der Waals surface area contributed by atoms with Crippen LogP contribution in [0.25, 0.3) is 21.5 Å². The third-order valence-corrected chi connectivity index (χ3v) is 6.94. The summed E-state index contributed by atoms with van der Waals surface area (Å²) in [6.45, 7) is 5.75. The van der Waals surface area contributed by atoms with Gasteiger partial charge in [-0.15, -0.1) is 11.3 Å². The van der Waals surface area contributed by atoms with Crippen molar-refractivity contribution >= 4 is 32.9 Å². The Morgan fingerprint density at radius 2 is 2.06 bits per heavy atom. The standard InChI is InChI=1S/C25H25N5OS/c1-18-16-30(23-14-26-9-10-27-23)19(2)15-29(18)17-24(31)28-11-6-20(7-12-28)22-5-3-4-21-8-13-32-25(21)22/h3-6,8-10,13-16H,7,11-12,17H2,1-2H3/q+2. The van der Waals surface area contributed by atoms with Crippen molar-refractivity contribution in [3.05, 3.63) is 83.7 Å². The summed E-state index contributed by atoms with van der Waals surface area (Å²) in [7, 11) is 0. The van der Waals surface area contributed by atoms with Crippen molar-refractivity contribution in [1.29, 1.82) is 0 Å². The van der Waals surface area contributed by atoms with Gasteiger partial charge in [-0.1, -0.05) is 24.3 Å². The molecule has 0 unspecified atom stereocenters. The Morgan fingerprint density at radius 1 is 1.16 bits per heavy atom. The van der Waals surface area contributed by atoms with Gasteiger partial charge in [0.2, 0.25) is 18.4 Å². The van der Waals surface area contributed by atoms with Crippen LogP contribution in [-0.2, 0) is 11.3 Å². The number of aryl methyl sites for hydroxylation is 2. The highest BCUT2D eigenvalue weighted by molar-refractivity contribution is 7.17. The number of thiophene rings is 1. The minimum absolute atomic E-state index is 0.138. The molecule has 32 heavy (non-hydrogen) atoms. The molecule has 0 saturated carbocycles. The van der Waals surface area contributed by atoms with Crippen molar-refractivity contribution in [2.24, 2.45) is 0 Å². The molecule has 3 aromatic heterocycles. The van der Waals surface area contributed by atoms with Gasteiger partial charge in [-0.25, -0.2) is 0 Å². The second kappa shape index (κ2) is 8.59. The van der Waals surface area contributed by atoms with E-state index >= 15 is 0 Å². The molecule has 1 aromatic carbocycles. The highest BCUT2D eigenvalue weighted by Crippen LogP contribution is 2.32. The van der Waals surface area contributed by atoms with Gasteiger partial charge in [0.15, 0.2) is 18.1 Å². The average Bonchev–Trinajstić information content (AvgIpc) is 3.31. The highest BCUT2D eigenvalue weighted by atomic mass is 32.1. The lowest BCUT2D eigenvalue weighted by molar-refractivity contribution is -0.721. The van der Waals surface area contributed by atoms with Gasteiger partial charge < -0.3 is 4.90 Å². The fourth-order valence-corrected chi connectivity index (χ4v) is 5.17. The van der Waals surface area contributed by atoms with Crippen molar-refractivity contribution in [1.82, 2.24) is 14.9 Å². The van der Waals surface area contributed by atoms with Crippen LogP contribution in [0, 0.1) is 13.8 Å². The Labute approximate surface area is 191 Å². The van der Waals surface area contributed by atoms with E-state index in [1.165, 1.54) is 21.2 Å². The summed E-state index contributed by atoms with van der Waals surface area (Å²) in [5.74, 6) is 0.903. The molecule has 0 radical (unpaired) electrons. The summed E-state index contributed by atoms with van der Waals surface area (Å²) in [6.07, 6.45) is 12.2. The molecule has 5 rings (SSSR count). The zero-order chi connectivity index (χ0) is 22.1. The largest absolute Gasteiger partial charge is 0.346 e. The Kier molecular flexibility index (Phi) is 5.49. The van der Waals surface area contributed by atoms with Crippen molar-refractivity contribution in [3.8, 4) is 5.82 Å². The molecule has 0 atom stereocenters. The van der Waals surface area contributed by atoms with Gasteiger partial charge in [-0.05, 0) is 39.4 Å². The minimum atomic E-state index is 0.138. The van der Waals surface area contributed by atoms with E-state index in [4.69, 9.17) is 0 Å². The van der Waals surface area contributed by atoms with Crippen molar-refractivity contribution in [3.63, 3.8) is 0 Å². The summed E-state index contributed by atoms with van der Waals surface area (Å²) >= 11 is 1.78. The first-order chi connectivity index (χ1) is 15.6. The molecule has 6 nitrogen and oxygen atoms in total. The van der Waals surface area contributed by atoms with E-state index in [1.54, 1.807) is 29.9 Å². The van der Waals surface area contributed by atoms with Crippen LogP contribution >= 0.6 is 11.3 Å². The maximum Gasteiger partial charge on any atom is 0.346 e. The summed E-state index contributed by atoms with van der Waals surface area (Å²) in [5, 5.41) is 3.43. The van der Waals surface area contributed by atoms with Gasteiger partial charge in [0.05, 0.1) is 6.20 Å². The van der Waals surface area contributed by atoms with Gasteiger partial charge in [0.25, 0.3) is 5.91 Å². The molecule has 1 amide bonds. The first-order valence-corrected chi connectivity index (χ1v) is 11.6. The lowest BCUT2D eigenvalue weighted by atomic mass is 9.98. The van der Waals surface area contributed by atoms with E-state index in [0.29, 0.717) is 13.1 Å². The van der Waals surface area contributed by atoms with E-state index < -0.39 is 0 Å². The molecule has 7 heteroatoms. The molecule has 0 N–H and O–H groups in total. The number of fused-ring (bicyclic) bond motifs is 1. The van der Waals surface area contributed by atoms with E-state index in [9.17, 15) is 4.79 Å². The molecule has 0 saturated heterocycles. The van der Waals surface area contributed by atoms with E-state index in [2.05, 4.69) is 45.7 Å². The van der Waals surface area contributed by atoms with E-state index in [-0.39, 0.29) is 5.91 Å². The van der Waals surface area contributed by atoms with Crippen LogP contribution in [0.5, 0.6) is 0 Å². The molecule has 160 valence electrons. The van der Waals surface area contributed by atoms with Gasteiger partial charge in [0, 0.05) is 31.6 Å². The third kappa shape index (κ3) is 3.91. The number of hydrogen-bond acceptors (Lipinski definition) is 4. The fourth-order valence-electron chi connectivity index (χ4n) is 4.22. The zero-order valence-electron chi connectivity index (χ0n) is 18.2. The number of carbonyl (C=O) groups is 1. The molecule has 4 heterocycles.